The molecule has 0 aliphatic carbocycles. The van der Waals surface area contributed by atoms with Crippen LogP contribution < -0.4 is 20.9 Å². The third-order valence-corrected chi connectivity index (χ3v) is 5.98. The molecule has 2 aliphatic rings. The Morgan fingerprint density at radius 1 is 1.18 bits per heavy atom. The third-order valence-electron chi connectivity index (χ3n) is 5.98. The molecule has 2 aliphatic heterocycles. The van der Waals surface area contributed by atoms with Gasteiger partial charge in [0.2, 0.25) is 5.95 Å². The minimum absolute atomic E-state index is 0.120. The fraction of sp³-hybridized carbons (Fsp3) is 0.500. The van der Waals surface area contributed by atoms with E-state index in [0.29, 0.717) is 25.5 Å². The van der Waals surface area contributed by atoms with Crippen LogP contribution in [0.3, 0.4) is 0 Å². The highest BCUT2D eigenvalue weighted by Gasteiger charge is 2.34. The molecule has 8 nitrogen and oxygen atoms in total. The van der Waals surface area contributed by atoms with Crippen molar-refractivity contribution in [2.45, 2.75) is 38.0 Å². The van der Waals surface area contributed by atoms with Crippen molar-refractivity contribution in [3.8, 4) is 0 Å². The summed E-state index contributed by atoms with van der Waals surface area (Å²) in [6.07, 6.45) is -0.109. The monoisotopic (exact) mass is 463 g/mol. The molecular weight excluding hydrogens is 435 g/mol. The van der Waals surface area contributed by atoms with Gasteiger partial charge in [-0.05, 0) is 56.1 Å². The minimum atomic E-state index is -4.49. The summed E-state index contributed by atoms with van der Waals surface area (Å²) in [6, 6.07) is 5.14. The standard InChI is InChI=1S/C22H28F3N7O/c1-26-20-27-8-6-19(30-20)32-11-7-17(14-32)29-21(33)28-16-5-4-15(13-31-9-2-3-10-31)18(12-16)22(23,24)25/h4-6,8,12,17H,2-3,7,9-11,13-14H2,1H3,(H,26,27,30)(H2,28,29,33). The van der Waals surface area contributed by atoms with Crippen LogP contribution in [0.1, 0.15) is 30.4 Å². The fourth-order valence-electron chi connectivity index (χ4n) is 4.32. The van der Waals surface area contributed by atoms with E-state index in [2.05, 4.69) is 25.9 Å². The highest BCUT2D eigenvalue weighted by Crippen LogP contribution is 2.35. The number of aromatic nitrogens is 2. The van der Waals surface area contributed by atoms with Gasteiger partial charge < -0.3 is 20.9 Å². The van der Waals surface area contributed by atoms with Crippen LogP contribution in [-0.2, 0) is 12.7 Å². The zero-order valence-electron chi connectivity index (χ0n) is 18.5. The molecule has 2 fully saturated rings. The summed E-state index contributed by atoms with van der Waals surface area (Å²) < 4.78 is 41.0. The van der Waals surface area contributed by atoms with Gasteiger partial charge in [-0.3, -0.25) is 4.90 Å². The second-order valence-corrected chi connectivity index (χ2v) is 8.37. The summed E-state index contributed by atoms with van der Waals surface area (Å²) in [5.74, 6) is 1.26. The van der Waals surface area contributed by atoms with E-state index in [9.17, 15) is 18.0 Å². The molecule has 4 rings (SSSR count). The normalized spacial score (nSPS) is 19.0. The molecule has 1 aromatic heterocycles. The van der Waals surface area contributed by atoms with Crippen LogP contribution in [0.5, 0.6) is 0 Å². The van der Waals surface area contributed by atoms with Crippen molar-refractivity contribution in [2.24, 2.45) is 0 Å². The maximum atomic E-state index is 13.7. The highest BCUT2D eigenvalue weighted by molar-refractivity contribution is 5.89. The Labute approximate surface area is 190 Å². The first-order chi connectivity index (χ1) is 15.8. The Morgan fingerprint density at radius 3 is 2.70 bits per heavy atom. The van der Waals surface area contributed by atoms with Crippen molar-refractivity contribution in [1.82, 2.24) is 20.2 Å². The minimum Gasteiger partial charge on any atom is -0.357 e. The number of carbonyl (C=O) groups excluding carboxylic acids is 1. The van der Waals surface area contributed by atoms with Crippen molar-refractivity contribution in [3.63, 3.8) is 0 Å². The number of hydrogen-bond acceptors (Lipinski definition) is 6. The number of amides is 2. The van der Waals surface area contributed by atoms with Crippen LogP contribution in [0.25, 0.3) is 0 Å². The van der Waals surface area contributed by atoms with Crippen LogP contribution in [0.15, 0.2) is 30.5 Å². The molecule has 3 heterocycles. The van der Waals surface area contributed by atoms with Gasteiger partial charge in [0.05, 0.1) is 5.56 Å². The van der Waals surface area contributed by atoms with Gasteiger partial charge in [0, 0.05) is 44.6 Å². The molecule has 0 bridgehead atoms. The van der Waals surface area contributed by atoms with E-state index < -0.39 is 17.8 Å². The number of carbonyl (C=O) groups is 1. The summed E-state index contributed by atoms with van der Waals surface area (Å²) in [7, 11) is 1.74. The molecule has 33 heavy (non-hydrogen) atoms. The first kappa shape index (κ1) is 23.1. The molecule has 178 valence electrons. The number of halogens is 3. The lowest BCUT2D eigenvalue weighted by atomic mass is 10.1. The van der Waals surface area contributed by atoms with Crippen molar-refractivity contribution in [2.75, 3.05) is 48.8 Å². The van der Waals surface area contributed by atoms with Crippen LogP contribution in [-0.4, -0.2) is 60.2 Å². The summed E-state index contributed by atoms with van der Waals surface area (Å²) in [5.41, 5.74) is -0.356. The van der Waals surface area contributed by atoms with Crippen molar-refractivity contribution >= 4 is 23.5 Å². The Bertz CT molecular complexity index is 979. The molecule has 1 unspecified atom stereocenters. The number of nitrogens with zero attached hydrogens (tertiary/aromatic N) is 4. The molecule has 3 N–H and O–H groups in total. The van der Waals surface area contributed by atoms with Gasteiger partial charge >= 0.3 is 12.2 Å². The van der Waals surface area contributed by atoms with Gasteiger partial charge in [0.25, 0.3) is 0 Å². The topological polar surface area (TPSA) is 85.4 Å². The van der Waals surface area contributed by atoms with Crippen LogP contribution in [0, 0.1) is 0 Å². The third kappa shape index (κ3) is 5.84. The van der Waals surface area contributed by atoms with Gasteiger partial charge in [-0.25, -0.2) is 9.78 Å². The van der Waals surface area contributed by atoms with Crippen LogP contribution in [0.4, 0.5) is 35.4 Å². The predicted octanol–water partition coefficient (Wildman–Crippen LogP) is 3.53. The Hall–Kier alpha value is -3.08. The number of benzene rings is 1. The molecule has 0 spiro atoms. The number of alkyl halides is 3. The van der Waals surface area contributed by atoms with Crippen molar-refractivity contribution < 1.29 is 18.0 Å². The van der Waals surface area contributed by atoms with E-state index in [1.54, 1.807) is 19.3 Å². The lowest BCUT2D eigenvalue weighted by Crippen LogP contribution is -2.39. The smallest absolute Gasteiger partial charge is 0.357 e. The lowest BCUT2D eigenvalue weighted by molar-refractivity contribution is -0.138. The van der Waals surface area contributed by atoms with Gasteiger partial charge in [-0.1, -0.05) is 6.07 Å². The Balaban J connectivity index is 1.37. The average molecular weight is 464 g/mol. The molecule has 1 aromatic carbocycles. The van der Waals surface area contributed by atoms with E-state index in [-0.39, 0.29) is 23.8 Å². The van der Waals surface area contributed by atoms with Gasteiger partial charge in [-0.2, -0.15) is 18.2 Å². The lowest BCUT2D eigenvalue weighted by Gasteiger charge is -2.20. The van der Waals surface area contributed by atoms with E-state index >= 15 is 0 Å². The zero-order chi connectivity index (χ0) is 23.4. The number of nitrogens with one attached hydrogen (secondary N) is 3. The number of anilines is 3. The number of likely N-dealkylation sites (tertiary alicyclic amines) is 1. The quantitative estimate of drug-likeness (QED) is 0.608. The molecule has 2 aromatic rings. The van der Waals surface area contributed by atoms with E-state index in [0.717, 1.165) is 37.8 Å². The Morgan fingerprint density at radius 2 is 1.97 bits per heavy atom. The van der Waals surface area contributed by atoms with Gasteiger partial charge in [0.1, 0.15) is 5.82 Å². The Kier molecular flexibility index (Phi) is 6.87. The van der Waals surface area contributed by atoms with Crippen molar-refractivity contribution in [3.05, 3.63) is 41.6 Å². The number of urea groups is 1. The maximum Gasteiger partial charge on any atom is 0.416 e. The van der Waals surface area contributed by atoms with E-state index in [1.807, 2.05) is 9.80 Å². The molecule has 2 saturated heterocycles. The van der Waals surface area contributed by atoms with E-state index in [1.165, 1.54) is 12.1 Å². The maximum absolute atomic E-state index is 13.7. The largest absolute Gasteiger partial charge is 0.416 e. The van der Waals surface area contributed by atoms with E-state index in [4.69, 9.17) is 0 Å². The average Bonchev–Trinajstić information content (AvgIpc) is 3.46. The second kappa shape index (κ2) is 9.82. The SMILES string of the molecule is CNc1nccc(N2CCC(NC(=O)Nc3ccc(CN4CCCC4)c(C(F)(F)F)c3)C2)n1. The molecule has 0 radical (unpaired) electrons. The summed E-state index contributed by atoms with van der Waals surface area (Å²) in [5, 5.41) is 8.29. The van der Waals surface area contributed by atoms with Gasteiger partial charge in [-0.15, -0.1) is 0 Å². The summed E-state index contributed by atoms with van der Waals surface area (Å²) in [6.45, 7) is 3.13. The zero-order valence-corrected chi connectivity index (χ0v) is 18.5. The first-order valence-corrected chi connectivity index (χ1v) is 11.1. The number of hydrogen-bond donors (Lipinski definition) is 3. The molecule has 1 atom stereocenters. The van der Waals surface area contributed by atoms with Crippen LogP contribution >= 0.6 is 0 Å². The molecule has 11 heteroatoms. The van der Waals surface area contributed by atoms with Gasteiger partial charge in [0.15, 0.2) is 0 Å². The number of rotatable bonds is 6. The first-order valence-electron chi connectivity index (χ1n) is 11.1. The van der Waals surface area contributed by atoms with Crippen LogP contribution in [0.2, 0.25) is 0 Å². The second-order valence-electron chi connectivity index (χ2n) is 8.37. The molecular formula is C22H28F3N7O. The van der Waals surface area contributed by atoms with Crippen molar-refractivity contribution in [1.29, 1.82) is 0 Å². The molecule has 0 saturated carbocycles. The highest BCUT2D eigenvalue weighted by atomic mass is 19.4. The predicted molar refractivity (Wildman–Crippen MR) is 120 cm³/mol. The fourth-order valence-corrected chi connectivity index (χ4v) is 4.32. The summed E-state index contributed by atoms with van der Waals surface area (Å²) in [4.78, 5) is 25.0. The summed E-state index contributed by atoms with van der Waals surface area (Å²) >= 11 is 0. The molecule has 2 amide bonds.